The summed E-state index contributed by atoms with van der Waals surface area (Å²) >= 11 is 4.25. The van der Waals surface area contributed by atoms with Gasteiger partial charge in [-0.2, -0.15) is 0 Å². The first kappa shape index (κ1) is 14.0. The lowest BCUT2D eigenvalue weighted by atomic mass is 10.3. The Kier molecular flexibility index (Phi) is 4.16. The average Bonchev–Trinajstić information content (AvgIpc) is 2.74. The summed E-state index contributed by atoms with van der Waals surface area (Å²) < 4.78 is 18.4. The number of thiazole rings is 1. The number of ether oxygens (including phenoxy) is 1. The molecule has 0 atom stereocenters. The number of anilines is 2. The highest BCUT2D eigenvalue weighted by Gasteiger charge is 2.15. The maximum Gasteiger partial charge on any atom is 0.350 e. The molecule has 0 aliphatic heterocycles. The summed E-state index contributed by atoms with van der Waals surface area (Å²) in [6, 6.07) is 4.65. The maximum absolute atomic E-state index is 13.4. The highest BCUT2D eigenvalue weighted by atomic mass is 79.9. The lowest BCUT2D eigenvalue weighted by molar-refractivity contribution is 0.0605. The minimum atomic E-state index is -0.426. The van der Waals surface area contributed by atoms with E-state index in [2.05, 4.69) is 31.0 Å². The zero-order chi connectivity index (χ0) is 14.0. The standard InChI is InChI=1S/C12H10BrFN2O2S/c1-6-10(11(17)18-2)19-12(15-6)16-7-3-4-8(13)9(14)5-7/h3-5H,1-2H3,(H,15,16). The van der Waals surface area contributed by atoms with Crippen LogP contribution < -0.4 is 5.32 Å². The molecule has 7 heteroatoms. The van der Waals surface area contributed by atoms with Gasteiger partial charge in [0.15, 0.2) is 5.13 Å². The Bertz CT molecular complexity index is 630. The molecule has 2 rings (SSSR count). The molecule has 1 aromatic carbocycles. The second-order valence-corrected chi connectivity index (χ2v) is 5.53. The Morgan fingerprint density at radius 2 is 2.26 bits per heavy atom. The molecule has 4 nitrogen and oxygen atoms in total. The third kappa shape index (κ3) is 3.10. The normalized spacial score (nSPS) is 10.3. The first-order valence-corrected chi connectivity index (χ1v) is 6.90. The van der Waals surface area contributed by atoms with E-state index in [4.69, 9.17) is 0 Å². The molecule has 0 unspecified atom stereocenters. The molecule has 2 aromatic rings. The highest BCUT2D eigenvalue weighted by Crippen LogP contribution is 2.27. The van der Waals surface area contributed by atoms with E-state index in [-0.39, 0.29) is 5.82 Å². The number of nitrogens with one attached hydrogen (secondary N) is 1. The molecular weight excluding hydrogens is 335 g/mol. The largest absolute Gasteiger partial charge is 0.465 e. The third-order valence-electron chi connectivity index (χ3n) is 2.34. The number of hydrogen-bond donors (Lipinski definition) is 1. The number of aryl methyl sites for hydroxylation is 1. The summed E-state index contributed by atoms with van der Waals surface area (Å²) in [6.07, 6.45) is 0. The van der Waals surface area contributed by atoms with Crippen LogP contribution in [0.5, 0.6) is 0 Å². The number of halogens is 2. The van der Waals surface area contributed by atoms with Crippen LogP contribution in [0, 0.1) is 12.7 Å². The average molecular weight is 345 g/mol. The fourth-order valence-electron chi connectivity index (χ4n) is 1.43. The van der Waals surface area contributed by atoms with Crippen LogP contribution in [0.15, 0.2) is 22.7 Å². The van der Waals surface area contributed by atoms with Crippen molar-refractivity contribution in [3.8, 4) is 0 Å². The third-order valence-corrected chi connectivity index (χ3v) is 4.03. The van der Waals surface area contributed by atoms with Crippen molar-refractivity contribution in [3.05, 3.63) is 39.1 Å². The van der Waals surface area contributed by atoms with Gasteiger partial charge in [-0.1, -0.05) is 11.3 Å². The molecular formula is C12H10BrFN2O2S. The SMILES string of the molecule is COC(=O)c1sc(Nc2ccc(Br)c(F)c2)nc1C. The van der Waals surface area contributed by atoms with E-state index in [1.54, 1.807) is 19.1 Å². The smallest absolute Gasteiger partial charge is 0.350 e. The van der Waals surface area contributed by atoms with Crippen LogP contribution in [-0.2, 0) is 4.74 Å². The van der Waals surface area contributed by atoms with Crippen molar-refractivity contribution >= 4 is 44.1 Å². The Hall–Kier alpha value is -1.47. The number of aromatic nitrogens is 1. The number of hydrogen-bond acceptors (Lipinski definition) is 5. The van der Waals surface area contributed by atoms with Gasteiger partial charge in [0.25, 0.3) is 0 Å². The molecule has 0 saturated heterocycles. The fourth-order valence-corrected chi connectivity index (χ4v) is 2.58. The van der Waals surface area contributed by atoms with Crippen LogP contribution in [0.2, 0.25) is 0 Å². The van der Waals surface area contributed by atoms with Gasteiger partial charge in [-0.15, -0.1) is 0 Å². The number of carbonyl (C=O) groups excluding carboxylic acids is 1. The minimum Gasteiger partial charge on any atom is -0.465 e. The van der Waals surface area contributed by atoms with Crippen molar-refractivity contribution in [2.45, 2.75) is 6.92 Å². The Labute approximate surface area is 121 Å². The Morgan fingerprint density at radius 1 is 1.53 bits per heavy atom. The van der Waals surface area contributed by atoms with Crippen molar-refractivity contribution in [1.29, 1.82) is 0 Å². The summed E-state index contributed by atoms with van der Waals surface area (Å²) in [6.45, 7) is 1.72. The van der Waals surface area contributed by atoms with Crippen LogP contribution in [0.25, 0.3) is 0 Å². The van der Waals surface area contributed by atoms with Crippen LogP contribution >= 0.6 is 27.3 Å². The zero-order valence-electron chi connectivity index (χ0n) is 10.2. The van der Waals surface area contributed by atoms with Gasteiger partial charge in [0.1, 0.15) is 10.7 Å². The molecule has 0 amide bonds. The molecule has 0 bridgehead atoms. The summed E-state index contributed by atoms with van der Waals surface area (Å²) in [5.74, 6) is -0.795. The van der Waals surface area contributed by atoms with E-state index in [1.165, 1.54) is 24.5 Å². The van der Waals surface area contributed by atoms with E-state index in [1.807, 2.05) is 0 Å². The van der Waals surface area contributed by atoms with Crippen LogP contribution in [0.1, 0.15) is 15.4 Å². The van der Waals surface area contributed by atoms with Gasteiger partial charge >= 0.3 is 5.97 Å². The van der Waals surface area contributed by atoms with Gasteiger partial charge in [-0.25, -0.2) is 14.2 Å². The molecule has 0 aliphatic carbocycles. The predicted molar refractivity (Wildman–Crippen MR) is 75.6 cm³/mol. The van der Waals surface area contributed by atoms with E-state index < -0.39 is 5.97 Å². The zero-order valence-corrected chi connectivity index (χ0v) is 12.6. The number of methoxy groups -OCH3 is 1. The van der Waals surface area contributed by atoms with Crippen LogP contribution in [0.3, 0.4) is 0 Å². The molecule has 0 fully saturated rings. The number of rotatable bonds is 3. The fraction of sp³-hybridized carbons (Fsp3) is 0.167. The lowest BCUT2D eigenvalue weighted by Crippen LogP contribution is -1.99. The Morgan fingerprint density at radius 3 is 2.89 bits per heavy atom. The number of esters is 1. The summed E-state index contributed by atoms with van der Waals surface area (Å²) in [5.41, 5.74) is 1.14. The van der Waals surface area contributed by atoms with E-state index in [9.17, 15) is 9.18 Å². The van der Waals surface area contributed by atoms with Crippen molar-refractivity contribution < 1.29 is 13.9 Å². The van der Waals surface area contributed by atoms with E-state index >= 15 is 0 Å². The first-order chi connectivity index (χ1) is 9.01. The van der Waals surface area contributed by atoms with E-state index in [0.717, 1.165) is 0 Å². The molecule has 0 saturated carbocycles. The molecule has 1 heterocycles. The second kappa shape index (κ2) is 5.66. The van der Waals surface area contributed by atoms with Gasteiger partial charge in [-0.3, -0.25) is 0 Å². The monoisotopic (exact) mass is 344 g/mol. The molecule has 19 heavy (non-hydrogen) atoms. The van der Waals surface area contributed by atoms with Crippen molar-refractivity contribution in [1.82, 2.24) is 4.98 Å². The predicted octanol–water partition coefficient (Wildman–Crippen LogP) is 3.88. The molecule has 100 valence electrons. The minimum absolute atomic E-state index is 0.369. The van der Waals surface area contributed by atoms with Crippen molar-refractivity contribution in [2.75, 3.05) is 12.4 Å². The van der Waals surface area contributed by atoms with Gasteiger partial charge in [0, 0.05) is 5.69 Å². The quantitative estimate of drug-likeness (QED) is 0.858. The Balaban J connectivity index is 2.24. The topological polar surface area (TPSA) is 51.2 Å². The van der Waals surface area contributed by atoms with Gasteiger partial charge < -0.3 is 10.1 Å². The summed E-state index contributed by atoms with van der Waals surface area (Å²) in [5, 5.41) is 3.46. The number of carbonyl (C=O) groups is 1. The molecule has 0 radical (unpaired) electrons. The van der Waals surface area contributed by atoms with Crippen LogP contribution in [-0.4, -0.2) is 18.1 Å². The van der Waals surface area contributed by atoms with Crippen molar-refractivity contribution in [2.24, 2.45) is 0 Å². The lowest BCUT2D eigenvalue weighted by Gasteiger charge is -2.03. The van der Waals surface area contributed by atoms with Gasteiger partial charge in [0.05, 0.1) is 17.3 Å². The van der Waals surface area contributed by atoms with Gasteiger partial charge in [-0.05, 0) is 41.1 Å². The summed E-state index contributed by atoms with van der Waals surface area (Å²) in [7, 11) is 1.32. The first-order valence-electron chi connectivity index (χ1n) is 5.29. The van der Waals surface area contributed by atoms with Crippen molar-refractivity contribution in [3.63, 3.8) is 0 Å². The highest BCUT2D eigenvalue weighted by molar-refractivity contribution is 9.10. The van der Waals surface area contributed by atoms with Crippen LogP contribution in [0.4, 0.5) is 15.2 Å². The number of benzene rings is 1. The molecule has 0 aliphatic rings. The molecule has 1 N–H and O–H groups in total. The molecule has 1 aromatic heterocycles. The maximum atomic E-state index is 13.4. The van der Waals surface area contributed by atoms with E-state index in [0.29, 0.717) is 25.9 Å². The summed E-state index contributed by atoms with van der Waals surface area (Å²) in [4.78, 5) is 16.1. The number of nitrogens with zero attached hydrogens (tertiary/aromatic N) is 1. The van der Waals surface area contributed by atoms with Gasteiger partial charge in [0.2, 0.25) is 0 Å². The second-order valence-electron chi connectivity index (χ2n) is 3.68. The molecule has 0 spiro atoms.